The van der Waals surface area contributed by atoms with Gasteiger partial charge in [-0.1, -0.05) is 24.3 Å². The third kappa shape index (κ3) is 2.79. The van der Waals surface area contributed by atoms with E-state index in [0.29, 0.717) is 5.69 Å². The Kier molecular flexibility index (Phi) is 3.95. The van der Waals surface area contributed by atoms with Crippen LogP contribution in [-0.4, -0.2) is 33.3 Å². The summed E-state index contributed by atoms with van der Waals surface area (Å²) in [6.07, 6.45) is 0. The Morgan fingerprint density at radius 1 is 0.810 bits per heavy atom. The predicted molar refractivity (Wildman–Crippen MR) is 83.8 cm³/mol. The highest BCUT2D eigenvalue weighted by Gasteiger charge is 2.21. The smallest absolute Gasteiger partial charge is 0.146 e. The first-order chi connectivity index (χ1) is 10.3. The number of halogens is 1. The van der Waals surface area contributed by atoms with Gasteiger partial charge >= 0.3 is 0 Å². The van der Waals surface area contributed by atoms with Crippen LogP contribution >= 0.6 is 0 Å². The van der Waals surface area contributed by atoms with Crippen molar-refractivity contribution in [3.05, 3.63) is 54.3 Å². The van der Waals surface area contributed by atoms with Crippen LogP contribution in [0.5, 0.6) is 5.75 Å². The summed E-state index contributed by atoms with van der Waals surface area (Å²) < 4.78 is 19.3. The molecule has 1 saturated heterocycles. The Morgan fingerprint density at radius 2 is 1.33 bits per heavy atom. The molecule has 0 N–H and O–H groups in total. The topological polar surface area (TPSA) is 15.7 Å². The molecular weight excluding hydrogens is 267 g/mol. The fourth-order valence-corrected chi connectivity index (χ4v) is 2.79. The van der Waals surface area contributed by atoms with Crippen molar-refractivity contribution in [3.8, 4) is 5.75 Å². The van der Waals surface area contributed by atoms with Gasteiger partial charge in [0.15, 0.2) is 0 Å². The number of ether oxygens (including phenoxy) is 1. The molecule has 3 rings (SSSR count). The van der Waals surface area contributed by atoms with Crippen molar-refractivity contribution in [1.29, 1.82) is 0 Å². The lowest BCUT2D eigenvalue weighted by Gasteiger charge is -2.37. The fourth-order valence-electron chi connectivity index (χ4n) is 2.79. The molecule has 3 nitrogen and oxygen atoms in total. The molecular formula is C17H19FN2O. The number of rotatable bonds is 3. The van der Waals surface area contributed by atoms with E-state index in [0.717, 1.165) is 37.6 Å². The first kappa shape index (κ1) is 13.7. The van der Waals surface area contributed by atoms with Crippen LogP contribution in [0.15, 0.2) is 48.5 Å². The number of hydrogen-bond acceptors (Lipinski definition) is 3. The second-order valence-electron chi connectivity index (χ2n) is 5.10. The summed E-state index contributed by atoms with van der Waals surface area (Å²) >= 11 is 0. The number of anilines is 2. The summed E-state index contributed by atoms with van der Waals surface area (Å²) in [6, 6.07) is 15.0. The maximum absolute atomic E-state index is 13.8. The minimum atomic E-state index is -0.150. The molecule has 1 fully saturated rings. The van der Waals surface area contributed by atoms with E-state index in [-0.39, 0.29) is 5.82 Å². The van der Waals surface area contributed by atoms with Gasteiger partial charge in [-0.15, -0.1) is 0 Å². The molecule has 4 heteroatoms. The highest BCUT2D eigenvalue weighted by Crippen LogP contribution is 2.29. The lowest BCUT2D eigenvalue weighted by molar-refractivity contribution is 0.413. The largest absolute Gasteiger partial charge is 0.495 e. The van der Waals surface area contributed by atoms with Gasteiger partial charge in [-0.2, -0.15) is 0 Å². The molecule has 2 aromatic rings. The van der Waals surface area contributed by atoms with E-state index in [9.17, 15) is 4.39 Å². The van der Waals surface area contributed by atoms with E-state index in [1.54, 1.807) is 13.2 Å². The van der Waals surface area contributed by atoms with Gasteiger partial charge in [0.1, 0.15) is 11.6 Å². The van der Waals surface area contributed by atoms with Crippen LogP contribution in [-0.2, 0) is 0 Å². The van der Waals surface area contributed by atoms with E-state index in [1.165, 1.54) is 6.07 Å². The number of piperazine rings is 1. The molecule has 1 aliphatic rings. The number of hydrogen-bond donors (Lipinski definition) is 0. The van der Waals surface area contributed by atoms with Gasteiger partial charge in [0.2, 0.25) is 0 Å². The average molecular weight is 286 g/mol. The molecule has 0 aromatic heterocycles. The molecule has 0 aliphatic carbocycles. The van der Waals surface area contributed by atoms with Gasteiger partial charge in [-0.25, -0.2) is 4.39 Å². The Morgan fingerprint density at radius 3 is 1.95 bits per heavy atom. The zero-order valence-electron chi connectivity index (χ0n) is 12.1. The number of nitrogens with zero attached hydrogens (tertiary/aromatic N) is 2. The van der Waals surface area contributed by atoms with E-state index in [2.05, 4.69) is 15.9 Å². The molecule has 110 valence electrons. The number of methoxy groups -OCH3 is 1. The Labute approximate surface area is 124 Å². The quantitative estimate of drug-likeness (QED) is 0.862. The first-order valence-corrected chi connectivity index (χ1v) is 7.17. The number of benzene rings is 2. The molecule has 0 bridgehead atoms. The van der Waals surface area contributed by atoms with Gasteiger partial charge in [0, 0.05) is 26.2 Å². The lowest BCUT2D eigenvalue weighted by atomic mass is 10.2. The normalized spacial score (nSPS) is 15.1. The standard InChI is InChI=1S/C17H19FN2O/c1-21-17-9-5-4-8-16(17)20-12-10-19(11-13-20)15-7-3-2-6-14(15)18/h2-9H,10-13H2,1H3. The van der Waals surface area contributed by atoms with Crippen LogP contribution in [0, 0.1) is 5.82 Å². The van der Waals surface area contributed by atoms with Crippen LogP contribution < -0.4 is 14.5 Å². The van der Waals surface area contributed by atoms with Crippen molar-refractivity contribution in [3.63, 3.8) is 0 Å². The molecule has 0 atom stereocenters. The molecule has 0 saturated carbocycles. The van der Waals surface area contributed by atoms with Crippen LogP contribution in [0.4, 0.5) is 15.8 Å². The molecule has 2 aromatic carbocycles. The van der Waals surface area contributed by atoms with Gasteiger partial charge in [-0.3, -0.25) is 0 Å². The molecule has 21 heavy (non-hydrogen) atoms. The summed E-state index contributed by atoms with van der Waals surface area (Å²) in [5.74, 6) is 0.736. The molecule has 0 unspecified atom stereocenters. The highest BCUT2D eigenvalue weighted by atomic mass is 19.1. The van der Waals surface area contributed by atoms with Gasteiger partial charge in [0.25, 0.3) is 0 Å². The Hall–Kier alpha value is -2.23. The molecule has 0 radical (unpaired) electrons. The van der Waals surface area contributed by atoms with E-state index < -0.39 is 0 Å². The minimum absolute atomic E-state index is 0.150. The summed E-state index contributed by atoms with van der Waals surface area (Å²) in [6.45, 7) is 3.32. The third-order valence-electron chi connectivity index (χ3n) is 3.90. The minimum Gasteiger partial charge on any atom is -0.495 e. The number of para-hydroxylation sites is 3. The maximum atomic E-state index is 13.8. The van der Waals surface area contributed by atoms with Crippen molar-refractivity contribution in [2.75, 3.05) is 43.1 Å². The van der Waals surface area contributed by atoms with Crippen LogP contribution in [0.1, 0.15) is 0 Å². The first-order valence-electron chi connectivity index (χ1n) is 7.17. The van der Waals surface area contributed by atoms with Crippen molar-refractivity contribution in [2.24, 2.45) is 0 Å². The van der Waals surface area contributed by atoms with Crippen molar-refractivity contribution in [1.82, 2.24) is 0 Å². The average Bonchev–Trinajstić information content (AvgIpc) is 2.55. The fraction of sp³-hybridized carbons (Fsp3) is 0.294. The predicted octanol–water partition coefficient (Wildman–Crippen LogP) is 3.16. The van der Waals surface area contributed by atoms with Crippen molar-refractivity contribution in [2.45, 2.75) is 0 Å². The molecule has 1 aliphatic heterocycles. The second kappa shape index (κ2) is 6.04. The monoisotopic (exact) mass is 286 g/mol. The highest BCUT2D eigenvalue weighted by molar-refractivity contribution is 5.60. The van der Waals surface area contributed by atoms with Crippen LogP contribution in [0.25, 0.3) is 0 Å². The van der Waals surface area contributed by atoms with Crippen molar-refractivity contribution < 1.29 is 9.13 Å². The summed E-state index contributed by atoms with van der Waals surface area (Å²) in [5.41, 5.74) is 1.80. The van der Waals surface area contributed by atoms with Gasteiger partial charge in [-0.05, 0) is 24.3 Å². The van der Waals surface area contributed by atoms with Gasteiger partial charge < -0.3 is 14.5 Å². The van der Waals surface area contributed by atoms with Crippen LogP contribution in [0.3, 0.4) is 0 Å². The van der Waals surface area contributed by atoms with Gasteiger partial charge in [0.05, 0.1) is 18.5 Å². The summed E-state index contributed by atoms with van der Waals surface area (Å²) in [5, 5.41) is 0. The molecule has 0 amide bonds. The van der Waals surface area contributed by atoms with E-state index >= 15 is 0 Å². The van der Waals surface area contributed by atoms with E-state index in [1.807, 2.05) is 30.3 Å². The lowest BCUT2D eigenvalue weighted by Crippen LogP contribution is -2.46. The molecule has 1 heterocycles. The Bertz CT molecular complexity index is 609. The molecule has 0 spiro atoms. The second-order valence-corrected chi connectivity index (χ2v) is 5.10. The van der Waals surface area contributed by atoms with Crippen molar-refractivity contribution >= 4 is 11.4 Å². The summed E-state index contributed by atoms with van der Waals surface area (Å²) in [4.78, 5) is 4.39. The van der Waals surface area contributed by atoms with E-state index in [4.69, 9.17) is 4.74 Å². The summed E-state index contributed by atoms with van der Waals surface area (Å²) in [7, 11) is 1.69. The zero-order valence-corrected chi connectivity index (χ0v) is 12.1. The Balaban J connectivity index is 1.72. The van der Waals surface area contributed by atoms with Crippen LogP contribution in [0.2, 0.25) is 0 Å². The zero-order chi connectivity index (χ0) is 14.7. The maximum Gasteiger partial charge on any atom is 0.146 e. The SMILES string of the molecule is COc1ccccc1N1CCN(c2ccccc2F)CC1. The third-order valence-corrected chi connectivity index (χ3v) is 3.90.